The Morgan fingerprint density at radius 1 is 1.08 bits per heavy atom. The number of benzene rings is 1. The highest BCUT2D eigenvalue weighted by molar-refractivity contribution is 9.09. The Morgan fingerprint density at radius 2 is 1.58 bits per heavy atom. The zero-order valence-corrected chi connectivity index (χ0v) is 8.42. The maximum Gasteiger partial charge on any atom is 0.0861 e. The van der Waals surface area contributed by atoms with Gasteiger partial charge in [0.1, 0.15) is 0 Å². The summed E-state index contributed by atoms with van der Waals surface area (Å²) in [4.78, 5) is 0. The van der Waals surface area contributed by atoms with Crippen molar-refractivity contribution in [3.05, 3.63) is 61.2 Å². The molecular weight excluding hydrogens is 212 g/mol. The number of alkyl halides is 1. The normalized spacial score (nSPS) is 10.8. The van der Waals surface area contributed by atoms with E-state index < -0.39 is 0 Å². The maximum absolute atomic E-state index is 3.76. The zero-order chi connectivity index (χ0) is 9.03. The van der Waals surface area contributed by atoms with Gasteiger partial charge in [0.25, 0.3) is 0 Å². The van der Waals surface area contributed by atoms with E-state index in [1.165, 1.54) is 0 Å². The summed E-state index contributed by atoms with van der Waals surface area (Å²) in [6.07, 6.45) is 3.66. The van der Waals surface area contributed by atoms with E-state index in [2.05, 4.69) is 29.1 Å². The quantitative estimate of drug-likeness (QED) is 0.542. The van der Waals surface area contributed by atoms with Crippen LogP contribution >= 0.6 is 15.9 Å². The molecule has 12 heavy (non-hydrogen) atoms. The predicted molar refractivity (Wildman–Crippen MR) is 57.4 cm³/mol. The minimum absolute atomic E-state index is 0.283. The van der Waals surface area contributed by atoms with E-state index in [0.717, 1.165) is 5.56 Å². The molecule has 0 saturated carbocycles. The molecule has 0 unspecified atom stereocenters. The Balaban J connectivity index is 3.11. The minimum Gasteiger partial charge on any atom is -0.101 e. The van der Waals surface area contributed by atoms with Crippen LogP contribution in [0.2, 0.25) is 0 Å². The van der Waals surface area contributed by atoms with Gasteiger partial charge in [-0.05, 0) is 5.56 Å². The van der Waals surface area contributed by atoms with Gasteiger partial charge in [0.2, 0.25) is 0 Å². The molecular formula is C11H11Br. The Kier molecular flexibility index (Phi) is 2.88. The Morgan fingerprint density at radius 3 is 2.00 bits per heavy atom. The van der Waals surface area contributed by atoms with Crippen LogP contribution in [0.15, 0.2) is 55.6 Å². The minimum atomic E-state index is -0.283. The van der Waals surface area contributed by atoms with Gasteiger partial charge < -0.3 is 0 Å². The number of rotatable bonds is 3. The fraction of sp³-hybridized carbons (Fsp3) is 0.0909. The van der Waals surface area contributed by atoms with Gasteiger partial charge in [0.05, 0.1) is 4.32 Å². The van der Waals surface area contributed by atoms with Gasteiger partial charge in [-0.15, -0.1) is 13.2 Å². The van der Waals surface area contributed by atoms with Crippen molar-refractivity contribution in [2.24, 2.45) is 0 Å². The molecule has 0 saturated heterocycles. The van der Waals surface area contributed by atoms with Crippen LogP contribution in [0.5, 0.6) is 0 Å². The molecule has 1 aromatic rings. The molecule has 0 N–H and O–H groups in total. The van der Waals surface area contributed by atoms with Crippen molar-refractivity contribution < 1.29 is 0 Å². The molecule has 1 heteroatoms. The van der Waals surface area contributed by atoms with Gasteiger partial charge in [0.15, 0.2) is 0 Å². The molecule has 0 bridgehead atoms. The summed E-state index contributed by atoms with van der Waals surface area (Å²) in [5.41, 5.74) is 1.15. The number of halogens is 1. The van der Waals surface area contributed by atoms with E-state index in [-0.39, 0.29) is 4.32 Å². The number of allylic oxidation sites excluding steroid dienone is 2. The second kappa shape index (κ2) is 3.72. The smallest absolute Gasteiger partial charge is 0.0861 e. The molecule has 0 fully saturated rings. The Hall–Kier alpha value is -0.820. The first-order valence-corrected chi connectivity index (χ1v) is 4.54. The molecule has 0 aliphatic heterocycles. The highest BCUT2D eigenvalue weighted by Gasteiger charge is 2.19. The van der Waals surface area contributed by atoms with Crippen molar-refractivity contribution in [3.63, 3.8) is 0 Å². The van der Waals surface area contributed by atoms with Crippen LogP contribution < -0.4 is 0 Å². The summed E-state index contributed by atoms with van der Waals surface area (Å²) in [5, 5.41) is 0. The lowest BCUT2D eigenvalue weighted by atomic mass is 9.99. The van der Waals surface area contributed by atoms with E-state index in [1.54, 1.807) is 0 Å². The highest BCUT2D eigenvalue weighted by atomic mass is 79.9. The lowest BCUT2D eigenvalue weighted by Gasteiger charge is -2.18. The Bertz CT molecular complexity index is 266. The zero-order valence-electron chi connectivity index (χ0n) is 6.83. The topological polar surface area (TPSA) is 0 Å². The SMILES string of the molecule is C=CC(Br)(C=C)c1ccccc1. The van der Waals surface area contributed by atoms with Crippen LogP contribution in [-0.4, -0.2) is 0 Å². The average molecular weight is 223 g/mol. The first-order valence-electron chi connectivity index (χ1n) is 3.74. The average Bonchev–Trinajstić information content (AvgIpc) is 2.18. The van der Waals surface area contributed by atoms with Crippen LogP contribution in [0, 0.1) is 0 Å². The van der Waals surface area contributed by atoms with Crippen molar-refractivity contribution in [3.8, 4) is 0 Å². The maximum atomic E-state index is 3.76. The third-order valence-electron chi connectivity index (χ3n) is 1.81. The van der Waals surface area contributed by atoms with Crippen molar-refractivity contribution in [1.82, 2.24) is 0 Å². The van der Waals surface area contributed by atoms with Crippen LogP contribution in [0.25, 0.3) is 0 Å². The standard InChI is InChI=1S/C11H11Br/c1-3-11(12,4-2)10-8-6-5-7-9-10/h3-9H,1-2H2. The van der Waals surface area contributed by atoms with Gasteiger partial charge in [0, 0.05) is 0 Å². The Labute approximate surface area is 81.7 Å². The summed E-state index contributed by atoms with van der Waals surface area (Å²) in [5.74, 6) is 0. The van der Waals surface area contributed by atoms with Crippen molar-refractivity contribution in [2.75, 3.05) is 0 Å². The van der Waals surface area contributed by atoms with Crippen molar-refractivity contribution >= 4 is 15.9 Å². The summed E-state index contributed by atoms with van der Waals surface area (Å²) in [6.45, 7) is 7.52. The van der Waals surface area contributed by atoms with E-state index in [4.69, 9.17) is 0 Å². The van der Waals surface area contributed by atoms with E-state index in [0.29, 0.717) is 0 Å². The third-order valence-corrected chi connectivity index (χ3v) is 2.92. The fourth-order valence-electron chi connectivity index (χ4n) is 1.01. The first kappa shape index (κ1) is 9.27. The molecule has 0 aliphatic rings. The highest BCUT2D eigenvalue weighted by Crippen LogP contribution is 2.33. The van der Waals surface area contributed by atoms with Crippen LogP contribution in [0.4, 0.5) is 0 Å². The van der Waals surface area contributed by atoms with Gasteiger partial charge >= 0.3 is 0 Å². The lowest BCUT2D eigenvalue weighted by Crippen LogP contribution is -2.09. The summed E-state index contributed by atoms with van der Waals surface area (Å²) in [7, 11) is 0. The molecule has 0 atom stereocenters. The van der Waals surface area contributed by atoms with Gasteiger partial charge in [-0.3, -0.25) is 0 Å². The molecule has 1 rings (SSSR count). The molecule has 0 aliphatic carbocycles. The number of hydrogen-bond donors (Lipinski definition) is 0. The fourth-order valence-corrected chi connectivity index (χ4v) is 1.28. The molecule has 0 aromatic heterocycles. The molecule has 62 valence electrons. The van der Waals surface area contributed by atoms with Crippen LogP contribution in [0.3, 0.4) is 0 Å². The molecule has 0 radical (unpaired) electrons. The largest absolute Gasteiger partial charge is 0.101 e. The molecule has 0 heterocycles. The van der Waals surface area contributed by atoms with Crippen LogP contribution in [0.1, 0.15) is 5.56 Å². The van der Waals surface area contributed by atoms with Crippen LogP contribution in [-0.2, 0) is 4.32 Å². The molecule has 1 aromatic carbocycles. The molecule has 0 spiro atoms. The second-order valence-electron chi connectivity index (χ2n) is 2.54. The van der Waals surface area contributed by atoms with E-state index in [1.807, 2.05) is 42.5 Å². The first-order chi connectivity index (χ1) is 5.73. The summed E-state index contributed by atoms with van der Waals surface area (Å²) >= 11 is 3.56. The third kappa shape index (κ3) is 1.67. The molecule has 0 nitrogen and oxygen atoms in total. The molecule has 0 amide bonds. The van der Waals surface area contributed by atoms with Gasteiger partial charge in [-0.2, -0.15) is 0 Å². The summed E-state index contributed by atoms with van der Waals surface area (Å²) in [6, 6.07) is 10.1. The lowest BCUT2D eigenvalue weighted by molar-refractivity contribution is 1.02. The van der Waals surface area contributed by atoms with E-state index in [9.17, 15) is 0 Å². The second-order valence-corrected chi connectivity index (χ2v) is 3.85. The van der Waals surface area contributed by atoms with Gasteiger partial charge in [-0.25, -0.2) is 0 Å². The summed E-state index contributed by atoms with van der Waals surface area (Å²) < 4.78 is -0.283. The van der Waals surface area contributed by atoms with Crippen molar-refractivity contribution in [1.29, 1.82) is 0 Å². The van der Waals surface area contributed by atoms with Gasteiger partial charge in [-0.1, -0.05) is 58.4 Å². The number of hydrogen-bond acceptors (Lipinski definition) is 0. The monoisotopic (exact) mass is 222 g/mol. The van der Waals surface area contributed by atoms with Crippen molar-refractivity contribution in [2.45, 2.75) is 4.32 Å². The predicted octanol–water partition coefficient (Wildman–Crippen LogP) is 3.65. The van der Waals surface area contributed by atoms with E-state index >= 15 is 0 Å².